The Morgan fingerprint density at radius 2 is 2.11 bits per heavy atom. The van der Waals surface area contributed by atoms with E-state index in [1.165, 1.54) is 12.0 Å². The lowest BCUT2D eigenvalue weighted by Crippen LogP contribution is -2.35. The van der Waals surface area contributed by atoms with Crippen LogP contribution in [0.25, 0.3) is 0 Å². The van der Waals surface area contributed by atoms with Crippen LogP contribution in [0.5, 0.6) is 0 Å². The Labute approximate surface area is 126 Å². The molecule has 1 atom stereocenters. The quantitative estimate of drug-likeness (QED) is 0.802. The second-order valence-electron chi connectivity index (χ2n) is 3.93. The second kappa shape index (κ2) is 5.63. The summed E-state index contributed by atoms with van der Waals surface area (Å²) in [6.07, 6.45) is -0.715. The van der Waals surface area contributed by atoms with Crippen LogP contribution in [0.1, 0.15) is 6.92 Å². The van der Waals surface area contributed by atoms with Crippen molar-refractivity contribution in [1.82, 2.24) is 4.90 Å². The van der Waals surface area contributed by atoms with Crippen LogP contribution >= 0.6 is 35.4 Å². The lowest BCUT2D eigenvalue weighted by Gasteiger charge is -2.21. The number of carbonyl (C=O) groups is 1. The molecule has 2 rings (SSSR count). The van der Waals surface area contributed by atoms with Crippen molar-refractivity contribution in [3.63, 3.8) is 0 Å². The van der Waals surface area contributed by atoms with Gasteiger partial charge in [-0.15, -0.1) is 0 Å². The second-order valence-corrected chi connectivity index (χ2v) is 5.13. The molecule has 1 aliphatic heterocycles. The van der Waals surface area contributed by atoms with Crippen LogP contribution < -0.4 is 4.90 Å². The molecule has 1 heterocycles. The van der Waals surface area contributed by atoms with Crippen molar-refractivity contribution in [2.24, 2.45) is 0 Å². The molecule has 0 radical (unpaired) electrons. The number of hydrogen-bond acceptors (Lipinski definition) is 3. The van der Waals surface area contributed by atoms with Gasteiger partial charge in [-0.25, -0.2) is 0 Å². The van der Waals surface area contributed by atoms with Gasteiger partial charge in [0.05, 0.1) is 10.7 Å². The van der Waals surface area contributed by atoms with Crippen LogP contribution in [0.3, 0.4) is 0 Å². The van der Waals surface area contributed by atoms with Crippen LogP contribution in [-0.2, 0) is 9.53 Å². The minimum Gasteiger partial charge on any atom is -0.353 e. The Bertz CT molecular complexity index is 516. The van der Waals surface area contributed by atoms with E-state index in [4.69, 9.17) is 40.2 Å². The number of amides is 1. The SMILES string of the molecule is CCN1C(=S)N(c2cc(Cl)ccc2Cl)C(=O)C1OC. The average Bonchev–Trinajstić information content (AvgIpc) is 2.63. The minimum absolute atomic E-state index is 0.265. The maximum atomic E-state index is 12.4. The van der Waals surface area contributed by atoms with Gasteiger partial charge >= 0.3 is 0 Å². The van der Waals surface area contributed by atoms with Gasteiger partial charge in [-0.05, 0) is 37.3 Å². The fourth-order valence-electron chi connectivity index (χ4n) is 1.97. The molecular weight excluding hydrogens is 307 g/mol. The lowest BCUT2D eigenvalue weighted by atomic mass is 10.3. The molecule has 0 N–H and O–H groups in total. The van der Waals surface area contributed by atoms with Gasteiger partial charge < -0.3 is 9.64 Å². The molecular formula is C12H12Cl2N2O2S. The van der Waals surface area contributed by atoms with Crippen molar-refractivity contribution in [1.29, 1.82) is 0 Å². The number of likely N-dealkylation sites (N-methyl/N-ethyl adjacent to an activating group) is 1. The Hall–Kier alpha value is -0.880. The van der Waals surface area contributed by atoms with E-state index in [0.29, 0.717) is 27.4 Å². The maximum Gasteiger partial charge on any atom is 0.283 e. The van der Waals surface area contributed by atoms with Gasteiger partial charge in [0, 0.05) is 18.7 Å². The van der Waals surface area contributed by atoms with Crippen molar-refractivity contribution >= 4 is 52.1 Å². The monoisotopic (exact) mass is 318 g/mol. The van der Waals surface area contributed by atoms with E-state index in [1.54, 1.807) is 23.1 Å². The van der Waals surface area contributed by atoms with Gasteiger partial charge in [0.2, 0.25) is 6.23 Å². The van der Waals surface area contributed by atoms with Crippen molar-refractivity contribution < 1.29 is 9.53 Å². The Balaban J connectivity index is 2.47. The zero-order valence-electron chi connectivity index (χ0n) is 10.4. The van der Waals surface area contributed by atoms with Crippen molar-refractivity contribution in [2.45, 2.75) is 13.2 Å². The summed E-state index contributed by atoms with van der Waals surface area (Å²) in [7, 11) is 1.47. The van der Waals surface area contributed by atoms with E-state index in [1.807, 2.05) is 6.92 Å². The van der Waals surface area contributed by atoms with Crippen molar-refractivity contribution in [2.75, 3.05) is 18.6 Å². The summed E-state index contributed by atoms with van der Waals surface area (Å²) in [5, 5.41) is 1.26. The largest absolute Gasteiger partial charge is 0.353 e. The highest BCUT2D eigenvalue weighted by Gasteiger charge is 2.43. The number of carbonyl (C=O) groups excluding carboxylic acids is 1. The molecule has 7 heteroatoms. The first-order chi connectivity index (χ1) is 9.01. The summed E-state index contributed by atoms with van der Waals surface area (Å²) >= 11 is 17.4. The standard InChI is InChI=1S/C12H12Cl2N2O2S/c1-3-15-11(18-2)10(17)16(12(15)19)9-6-7(13)4-5-8(9)14/h4-6,11H,3H2,1-2H3. The van der Waals surface area contributed by atoms with Crippen LogP contribution in [0.15, 0.2) is 18.2 Å². The summed E-state index contributed by atoms with van der Waals surface area (Å²) in [6, 6.07) is 4.90. The number of benzene rings is 1. The third-order valence-electron chi connectivity index (χ3n) is 2.86. The Morgan fingerprint density at radius 1 is 1.42 bits per heavy atom. The molecule has 0 saturated carbocycles. The van der Waals surface area contributed by atoms with Gasteiger partial charge in [0.1, 0.15) is 0 Å². The number of rotatable bonds is 3. The average molecular weight is 319 g/mol. The predicted octanol–water partition coefficient (Wildman–Crippen LogP) is 2.92. The fourth-order valence-corrected chi connectivity index (χ4v) is 2.76. The molecule has 1 fully saturated rings. The number of thiocarbonyl (C=S) groups is 1. The number of anilines is 1. The molecule has 19 heavy (non-hydrogen) atoms. The molecule has 102 valence electrons. The molecule has 1 aliphatic rings. The summed E-state index contributed by atoms with van der Waals surface area (Å²) in [5.74, 6) is -0.265. The van der Waals surface area contributed by atoms with Crippen molar-refractivity contribution in [3.8, 4) is 0 Å². The van der Waals surface area contributed by atoms with Gasteiger partial charge in [-0.2, -0.15) is 0 Å². The number of halogens is 2. The zero-order chi connectivity index (χ0) is 14.2. The van der Waals surface area contributed by atoms with Crippen LogP contribution in [0, 0.1) is 0 Å². The van der Waals surface area contributed by atoms with Gasteiger partial charge in [0.15, 0.2) is 5.11 Å². The van der Waals surface area contributed by atoms with Crippen LogP contribution in [-0.4, -0.2) is 35.8 Å². The first-order valence-corrected chi connectivity index (χ1v) is 6.80. The molecule has 4 nitrogen and oxygen atoms in total. The third-order valence-corrected chi connectivity index (χ3v) is 3.84. The van der Waals surface area contributed by atoms with Crippen LogP contribution in [0.4, 0.5) is 5.69 Å². The molecule has 1 aromatic carbocycles. The number of methoxy groups -OCH3 is 1. The van der Waals surface area contributed by atoms with E-state index in [2.05, 4.69) is 0 Å². The molecule has 1 saturated heterocycles. The summed E-state index contributed by atoms with van der Waals surface area (Å²) in [5.41, 5.74) is 0.474. The lowest BCUT2D eigenvalue weighted by molar-refractivity contribution is -0.131. The van der Waals surface area contributed by atoms with Gasteiger partial charge in [-0.3, -0.25) is 9.69 Å². The molecule has 1 aromatic rings. The highest BCUT2D eigenvalue weighted by molar-refractivity contribution is 7.80. The molecule has 0 aromatic heterocycles. The van der Waals surface area contributed by atoms with Gasteiger partial charge in [0.25, 0.3) is 5.91 Å². The smallest absolute Gasteiger partial charge is 0.283 e. The highest BCUT2D eigenvalue weighted by atomic mass is 35.5. The van der Waals surface area contributed by atoms with E-state index in [0.717, 1.165) is 0 Å². The van der Waals surface area contributed by atoms with E-state index in [-0.39, 0.29) is 5.91 Å². The Morgan fingerprint density at radius 3 is 2.63 bits per heavy atom. The fraction of sp³-hybridized carbons (Fsp3) is 0.333. The summed E-state index contributed by atoms with van der Waals surface area (Å²) in [6.45, 7) is 2.46. The summed E-state index contributed by atoms with van der Waals surface area (Å²) < 4.78 is 5.19. The van der Waals surface area contributed by atoms with Crippen LogP contribution in [0.2, 0.25) is 10.0 Å². The zero-order valence-corrected chi connectivity index (χ0v) is 12.7. The predicted molar refractivity (Wildman–Crippen MR) is 79.7 cm³/mol. The number of nitrogens with zero attached hydrogens (tertiary/aromatic N) is 2. The number of hydrogen-bond donors (Lipinski definition) is 0. The van der Waals surface area contributed by atoms with E-state index in [9.17, 15) is 4.79 Å². The molecule has 0 bridgehead atoms. The minimum atomic E-state index is -0.715. The molecule has 1 amide bonds. The highest BCUT2D eigenvalue weighted by Crippen LogP contribution is 2.33. The maximum absolute atomic E-state index is 12.4. The van der Waals surface area contributed by atoms with Crippen molar-refractivity contribution in [3.05, 3.63) is 28.2 Å². The van der Waals surface area contributed by atoms with Gasteiger partial charge in [-0.1, -0.05) is 23.2 Å². The van der Waals surface area contributed by atoms with E-state index < -0.39 is 6.23 Å². The van der Waals surface area contributed by atoms with E-state index >= 15 is 0 Å². The number of ether oxygens (including phenoxy) is 1. The molecule has 0 spiro atoms. The molecule has 1 unspecified atom stereocenters. The summed E-state index contributed by atoms with van der Waals surface area (Å²) in [4.78, 5) is 15.4. The normalized spacial score (nSPS) is 19.5. The Kier molecular flexibility index (Phi) is 4.30. The molecule has 0 aliphatic carbocycles. The first kappa shape index (κ1) is 14.5. The first-order valence-electron chi connectivity index (χ1n) is 5.63. The topological polar surface area (TPSA) is 32.8 Å². The third kappa shape index (κ3) is 2.43.